The minimum absolute atomic E-state index is 0. The van der Waals surface area contributed by atoms with E-state index in [1.54, 1.807) is 0 Å². The zero-order chi connectivity index (χ0) is 16.1. The number of halogens is 2. The van der Waals surface area contributed by atoms with Gasteiger partial charge in [0, 0.05) is 24.0 Å². The molecule has 2 N–H and O–H groups in total. The maximum atomic E-state index is 12.1. The first-order chi connectivity index (χ1) is 11.2. The highest BCUT2D eigenvalue weighted by Gasteiger charge is 2.17. The van der Waals surface area contributed by atoms with Crippen molar-refractivity contribution in [3.8, 4) is 11.1 Å². The molecule has 0 radical (unpaired) electrons. The second-order valence-corrected chi connectivity index (χ2v) is 6.37. The van der Waals surface area contributed by atoms with Gasteiger partial charge in [0.15, 0.2) is 0 Å². The molecule has 0 bridgehead atoms. The Hall–Kier alpha value is -1.55. The molecule has 3 nitrogen and oxygen atoms in total. The van der Waals surface area contributed by atoms with Crippen molar-refractivity contribution in [2.24, 2.45) is 0 Å². The van der Waals surface area contributed by atoms with Crippen LogP contribution < -0.4 is 10.6 Å². The largest absolute Gasteiger partial charge is 0.352 e. The van der Waals surface area contributed by atoms with Crippen molar-refractivity contribution in [2.75, 3.05) is 6.54 Å². The number of rotatable bonds is 5. The van der Waals surface area contributed by atoms with Crippen molar-refractivity contribution >= 4 is 29.9 Å². The Morgan fingerprint density at radius 2 is 1.92 bits per heavy atom. The van der Waals surface area contributed by atoms with Gasteiger partial charge in [-0.15, -0.1) is 12.4 Å². The number of carbonyl (C=O) groups excluding carboxylic acids is 1. The number of nitrogens with one attached hydrogen (secondary N) is 2. The summed E-state index contributed by atoms with van der Waals surface area (Å²) in [5.74, 6) is 0.107. The van der Waals surface area contributed by atoms with Crippen LogP contribution in [0.3, 0.4) is 0 Å². The Morgan fingerprint density at radius 1 is 1.17 bits per heavy atom. The van der Waals surface area contributed by atoms with E-state index in [4.69, 9.17) is 11.6 Å². The van der Waals surface area contributed by atoms with E-state index in [0.29, 0.717) is 19.0 Å². The molecule has 1 saturated heterocycles. The number of carbonyl (C=O) groups is 1. The molecule has 1 aliphatic heterocycles. The molecule has 1 heterocycles. The predicted octanol–water partition coefficient (Wildman–Crippen LogP) is 4.19. The van der Waals surface area contributed by atoms with Crippen LogP contribution in [0.5, 0.6) is 0 Å². The molecule has 0 spiro atoms. The molecule has 24 heavy (non-hydrogen) atoms. The van der Waals surface area contributed by atoms with Gasteiger partial charge in [-0.1, -0.05) is 48.0 Å². The molecule has 5 heteroatoms. The van der Waals surface area contributed by atoms with Gasteiger partial charge in [0.25, 0.3) is 0 Å². The summed E-state index contributed by atoms with van der Waals surface area (Å²) in [6.45, 7) is 1.57. The van der Waals surface area contributed by atoms with Crippen LogP contribution in [-0.2, 0) is 11.3 Å². The first-order valence-corrected chi connectivity index (χ1v) is 8.44. The van der Waals surface area contributed by atoms with E-state index in [0.717, 1.165) is 41.1 Å². The molecule has 1 fully saturated rings. The number of hydrogen-bond donors (Lipinski definition) is 2. The highest BCUT2D eigenvalue weighted by Crippen LogP contribution is 2.25. The molecule has 1 aliphatic rings. The van der Waals surface area contributed by atoms with Crippen LogP contribution in [-0.4, -0.2) is 18.5 Å². The summed E-state index contributed by atoms with van der Waals surface area (Å²) in [4.78, 5) is 12.1. The second kappa shape index (κ2) is 9.07. The van der Waals surface area contributed by atoms with Crippen LogP contribution in [0.2, 0.25) is 5.02 Å². The maximum absolute atomic E-state index is 12.1. The standard InChI is InChI=1S/C19H21ClN2O.ClH/c20-16-9-7-14(8-10-16)18-6-2-1-4-15(18)13-22-19(23)12-17-5-3-11-21-17;/h1-2,4,6-10,17,21H,3,5,11-13H2,(H,22,23);1H. The third-order valence-electron chi connectivity index (χ3n) is 4.24. The Balaban J connectivity index is 0.00000208. The smallest absolute Gasteiger partial charge is 0.221 e. The SMILES string of the molecule is Cl.O=C(CC1CCCN1)NCc1ccccc1-c1ccc(Cl)cc1. The fraction of sp³-hybridized carbons (Fsp3) is 0.316. The molecule has 128 valence electrons. The topological polar surface area (TPSA) is 41.1 Å². The summed E-state index contributed by atoms with van der Waals surface area (Å²) in [7, 11) is 0. The van der Waals surface area contributed by atoms with Crippen LogP contribution in [0.4, 0.5) is 0 Å². The van der Waals surface area contributed by atoms with E-state index in [-0.39, 0.29) is 18.3 Å². The Bertz CT molecular complexity index is 667. The molecule has 2 aromatic carbocycles. The Kier molecular flexibility index (Phi) is 7.10. The van der Waals surface area contributed by atoms with Crippen LogP contribution >= 0.6 is 24.0 Å². The van der Waals surface area contributed by atoms with Crippen LogP contribution in [0, 0.1) is 0 Å². The monoisotopic (exact) mass is 364 g/mol. The lowest BCUT2D eigenvalue weighted by atomic mass is 9.99. The molecular formula is C19H22Cl2N2O. The number of amides is 1. The van der Waals surface area contributed by atoms with E-state index < -0.39 is 0 Å². The zero-order valence-electron chi connectivity index (χ0n) is 13.4. The van der Waals surface area contributed by atoms with E-state index >= 15 is 0 Å². The predicted molar refractivity (Wildman–Crippen MR) is 102 cm³/mol. The Labute approximate surface area is 154 Å². The van der Waals surface area contributed by atoms with Crippen LogP contribution in [0.15, 0.2) is 48.5 Å². The minimum Gasteiger partial charge on any atom is -0.352 e. The fourth-order valence-electron chi connectivity index (χ4n) is 3.01. The van der Waals surface area contributed by atoms with Gasteiger partial charge in [0.2, 0.25) is 5.91 Å². The van der Waals surface area contributed by atoms with Gasteiger partial charge >= 0.3 is 0 Å². The molecule has 0 aliphatic carbocycles. The summed E-state index contributed by atoms with van der Waals surface area (Å²) >= 11 is 5.96. The summed E-state index contributed by atoms with van der Waals surface area (Å²) in [6.07, 6.45) is 2.81. The van der Waals surface area contributed by atoms with Crippen molar-refractivity contribution in [1.29, 1.82) is 0 Å². The van der Waals surface area contributed by atoms with E-state index in [1.807, 2.05) is 36.4 Å². The minimum atomic E-state index is 0. The highest BCUT2D eigenvalue weighted by atomic mass is 35.5. The maximum Gasteiger partial charge on any atom is 0.221 e. The molecule has 1 atom stereocenters. The number of benzene rings is 2. The van der Waals surface area contributed by atoms with Crippen molar-refractivity contribution < 1.29 is 4.79 Å². The summed E-state index contributed by atoms with van der Waals surface area (Å²) in [5.41, 5.74) is 3.35. The van der Waals surface area contributed by atoms with Crippen molar-refractivity contribution in [2.45, 2.75) is 31.8 Å². The lowest BCUT2D eigenvalue weighted by molar-refractivity contribution is -0.121. The van der Waals surface area contributed by atoms with Gasteiger partial charge < -0.3 is 10.6 Å². The van der Waals surface area contributed by atoms with E-state index in [1.165, 1.54) is 0 Å². The zero-order valence-corrected chi connectivity index (χ0v) is 15.0. The highest BCUT2D eigenvalue weighted by molar-refractivity contribution is 6.30. The first kappa shape index (κ1) is 18.8. The molecule has 0 saturated carbocycles. The molecule has 2 aromatic rings. The quantitative estimate of drug-likeness (QED) is 0.834. The van der Waals surface area contributed by atoms with Gasteiger partial charge in [0.1, 0.15) is 0 Å². The van der Waals surface area contributed by atoms with Crippen molar-refractivity contribution in [3.63, 3.8) is 0 Å². The first-order valence-electron chi connectivity index (χ1n) is 8.06. The molecular weight excluding hydrogens is 343 g/mol. The van der Waals surface area contributed by atoms with Gasteiger partial charge in [-0.3, -0.25) is 4.79 Å². The average Bonchev–Trinajstić information content (AvgIpc) is 3.07. The summed E-state index contributed by atoms with van der Waals surface area (Å²) in [5, 5.41) is 7.12. The van der Waals surface area contributed by atoms with Gasteiger partial charge in [-0.2, -0.15) is 0 Å². The fourth-order valence-corrected chi connectivity index (χ4v) is 3.13. The summed E-state index contributed by atoms with van der Waals surface area (Å²) in [6, 6.07) is 16.3. The average molecular weight is 365 g/mol. The van der Waals surface area contributed by atoms with Crippen LogP contribution in [0.25, 0.3) is 11.1 Å². The van der Waals surface area contributed by atoms with Gasteiger partial charge in [-0.25, -0.2) is 0 Å². The molecule has 1 unspecified atom stereocenters. The third-order valence-corrected chi connectivity index (χ3v) is 4.49. The molecule has 0 aromatic heterocycles. The second-order valence-electron chi connectivity index (χ2n) is 5.94. The van der Waals surface area contributed by atoms with Crippen molar-refractivity contribution in [1.82, 2.24) is 10.6 Å². The third kappa shape index (κ3) is 4.97. The molecule has 1 amide bonds. The summed E-state index contributed by atoms with van der Waals surface area (Å²) < 4.78 is 0. The molecule has 3 rings (SSSR count). The van der Waals surface area contributed by atoms with Crippen molar-refractivity contribution in [3.05, 3.63) is 59.1 Å². The van der Waals surface area contributed by atoms with E-state index in [9.17, 15) is 4.79 Å². The van der Waals surface area contributed by atoms with Gasteiger partial charge in [-0.05, 0) is 48.2 Å². The van der Waals surface area contributed by atoms with E-state index in [2.05, 4.69) is 22.8 Å². The van der Waals surface area contributed by atoms with Gasteiger partial charge in [0.05, 0.1) is 0 Å². The van der Waals surface area contributed by atoms with Crippen LogP contribution in [0.1, 0.15) is 24.8 Å². The number of hydrogen-bond acceptors (Lipinski definition) is 2. The lowest BCUT2D eigenvalue weighted by Crippen LogP contribution is -2.31. The normalized spacial score (nSPS) is 16.5. The Morgan fingerprint density at radius 3 is 2.62 bits per heavy atom. The lowest BCUT2D eigenvalue weighted by Gasteiger charge is -2.13.